The summed E-state index contributed by atoms with van der Waals surface area (Å²) in [5, 5.41) is 0. The van der Waals surface area contributed by atoms with Gasteiger partial charge < -0.3 is 0 Å². The largest absolute Gasteiger partial charge is 0.135 e. The molecule has 1 aliphatic carbocycles. The van der Waals surface area contributed by atoms with Crippen molar-refractivity contribution < 1.29 is 0 Å². The van der Waals surface area contributed by atoms with Gasteiger partial charge in [-0.25, -0.2) is 0 Å². The van der Waals surface area contributed by atoms with Crippen molar-refractivity contribution in [1.29, 1.82) is 0 Å². The second-order valence-electron chi connectivity index (χ2n) is 11.3. The van der Waals surface area contributed by atoms with Crippen LogP contribution in [0.3, 0.4) is 0 Å². The van der Waals surface area contributed by atoms with Crippen LogP contribution in [0.1, 0.15) is 77.6 Å². The van der Waals surface area contributed by atoms with E-state index >= 15 is 0 Å². The zero-order valence-electron chi connectivity index (χ0n) is 20.4. The fraction of sp³-hybridized carbons (Fsp3) is 0.400. The van der Waals surface area contributed by atoms with Crippen molar-refractivity contribution in [3.8, 4) is 20.9 Å². The minimum Gasteiger partial charge on any atom is -0.135 e. The molecule has 0 aliphatic heterocycles. The lowest BCUT2D eigenvalue weighted by Crippen LogP contribution is -2.10. The van der Waals surface area contributed by atoms with Gasteiger partial charge in [0.1, 0.15) is 0 Å². The monoisotopic (exact) mass is 428 g/mol. The summed E-state index contributed by atoms with van der Waals surface area (Å²) in [6.07, 6.45) is 2.15. The van der Waals surface area contributed by atoms with Gasteiger partial charge >= 0.3 is 0 Å². The van der Waals surface area contributed by atoms with Crippen LogP contribution in [0.15, 0.2) is 59.7 Å². The van der Waals surface area contributed by atoms with Crippen molar-refractivity contribution in [3.63, 3.8) is 0 Å². The van der Waals surface area contributed by atoms with Crippen molar-refractivity contribution in [1.82, 2.24) is 0 Å². The van der Waals surface area contributed by atoms with Gasteiger partial charge in [0.25, 0.3) is 0 Å². The minimum absolute atomic E-state index is 0.184. The Morgan fingerprint density at radius 2 is 0.871 bits per heavy atom. The quantitative estimate of drug-likeness (QED) is 0.357. The molecule has 0 bridgehead atoms. The van der Waals surface area contributed by atoms with E-state index in [1.54, 1.807) is 11.1 Å². The first-order chi connectivity index (χ1) is 14.4. The Hall–Kier alpha value is -2.12. The highest BCUT2D eigenvalue weighted by atomic mass is 32.1. The van der Waals surface area contributed by atoms with Crippen molar-refractivity contribution >= 4 is 11.3 Å². The van der Waals surface area contributed by atoms with E-state index in [4.69, 9.17) is 0 Å². The van der Waals surface area contributed by atoms with Gasteiger partial charge in [-0.3, -0.25) is 0 Å². The summed E-state index contributed by atoms with van der Waals surface area (Å²) in [4.78, 5) is 2.91. The summed E-state index contributed by atoms with van der Waals surface area (Å²) in [6.45, 7) is 18.3. The third-order valence-corrected chi connectivity index (χ3v) is 8.13. The molecule has 1 heteroatoms. The van der Waals surface area contributed by atoms with Gasteiger partial charge in [0.15, 0.2) is 0 Å². The Balaban J connectivity index is 1.82. The van der Waals surface area contributed by atoms with Gasteiger partial charge in [0, 0.05) is 9.75 Å². The topological polar surface area (TPSA) is 0 Å². The van der Waals surface area contributed by atoms with Crippen molar-refractivity contribution in [3.05, 3.63) is 81.9 Å². The number of rotatable bonds is 2. The van der Waals surface area contributed by atoms with Crippen LogP contribution in [-0.2, 0) is 23.7 Å². The zero-order valence-corrected chi connectivity index (χ0v) is 21.3. The predicted molar refractivity (Wildman–Crippen MR) is 138 cm³/mol. The van der Waals surface area contributed by atoms with Crippen molar-refractivity contribution in [2.45, 2.75) is 79.1 Å². The molecular formula is C30H36S. The van der Waals surface area contributed by atoms with Crippen LogP contribution >= 0.6 is 11.3 Å². The van der Waals surface area contributed by atoms with Gasteiger partial charge in [-0.2, -0.15) is 0 Å². The second-order valence-corrected chi connectivity index (χ2v) is 12.3. The highest BCUT2D eigenvalue weighted by Crippen LogP contribution is 2.46. The van der Waals surface area contributed by atoms with Gasteiger partial charge in [0.05, 0.1) is 0 Å². The van der Waals surface area contributed by atoms with Crippen LogP contribution in [0, 0.1) is 0 Å². The van der Waals surface area contributed by atoms with E-state index in [-0.39, 0.29) is 10.8 Å². The summed E-state index contributed by atoms with van der Waals surface area (Å²) in [5.74, 6) is 0. The fourth-order valence-electron chi connectivity index (χ4n) is 4.41. The Bertz CT molecular complexity index is 1030. The Kier molecular flexibility index (Phi) is 5.54. The number of hydrogen-bond acceptors (Lipinski definition) is 1. The number of benzene rings is 2. The molecule has 0 saturated heterocycles. The second kappa shape index (κ2) is 7.78. The standard InChI is InChI=1S/C30H36S/c1-19-17-25-26(18-20(19)2)28(22-11-15-24(16-12-22)30(6,7)8)31-27(25)21-9-13-23(14-10-21)29(3,4)5/h9-16H,17-18H2,1-8H3. The predicted octanol–water partition coefficient (Wildman–Crippen LogP) is 9.11. The molecule has 0 amide bonds. The number of fused-ring (bicyclic) bond motifs is 1. The molecule has 0 spiro atoms. The summed E-state index contributed by atoms with van der Waals surface area (Å²) in [6, 6.07) is 18.6. The zero-order chi connectivity index (χ0) is 22.6. The molecule has 3 aromatic rings. The number of hydrogen-bond donors (Lipinski definition) is 0. The van der Waals surface area contributed by atoms with Gasteiger partial charge in [-0.1, -0.05) is 101 Å². The van der Waals surface area contributed by atoms with Crippen LogP contribution in [0.2, 0.25) is 0 Å². The molecule has 0 radical (unpaired) electrons. The van der Waals surface area contributed by atoms with Gasteiger partial charge in [0.2, 0.25) is 0 Å². The molecule has 1 aromatic heterocycles. The van der Waals surface area contributed by atoms with E-state index in [9.17, 15) is 0 Å². The molecule has 4 rings (SSSR count). The molecule has 2 aromatic carbocycles. The molecule has 31 heavy (non-hydrogen) atoms. The van der Waals surface area contributed by atoms with E-state index in [0.29, 0.717) is 0 Å². The third-order valence-electron chi connectivity index (χ3n) is 6.76. The molecule has 162 valence electrons. The molecule has 0 saturated carbocycles. The molecule has 0 nitrogen and oxygen atoms in total. The first-order valence-corrected chi connectivity index (χ1v) is 12.3. The smallest absolute Gasteiger partial charge is 0.0387 e. The number of allylic oxidation sites excluding steroid dienone is 2. The summed E-state index contributed by atoms with van der Waals surface area (Å²) < 4.78 is 0. The van der Waals surface area contributed by atoms with E-state index < -0.39 is 0 Å². The lowest BCUT2D eigenvalue weighted by molar-refractivity contribution is 0.590. The van der Waals surface area contributed by atoms with Crippen LogP contribution in [0.25, 0.3) is 20.9 Å². The fourth-order valence-corrected chi connectivity index (χ4v) is 5.76. The van der Waals surface area contributed by atoms with Crippen molar-refractivity contribution in [2.24, 2.45) is 0 Å². The first kappa shape index (κ1) is 22.1. The average molecular weight is 429 g/mol. The van der Waals surface area contributed by atoms with Crippen molar-refractivity contribution in [2.75, 3.05) is 0 Å². The lowest BCUT2D eigenvalue weighted by Gasteiger charge is -2.20. The van der Waals surface area contributed by atoms with Gasteiger partial charge in [-0.05, 0) is 70.9 Å². The maximum absolute atomic E-state index is 2.33. The van der Waals surface area contributed by atoms with Crippen LogP contribution < -0.4 is 0 Å². The van der Waals surface area contributed by atoms with Crippen LogP contribution in [0.4, 0.5) is 0 Å². The number of thiophene rings is 1. The van der Waals surface area contributed by atoms with E-state index in [1.165, 1.54) is 43.2 Å². The molecule has 0 fully saturated rings. The SMILES string of the molecule is CC1=C(C)Cc2c(-c3ccc(C(C)(C)C)cc3)sc(-c3ccc(C(C)(C)C)cc3)c2C1. The van der Waals surface area contributed by atoms with Crippen LogP contribution in [-0.4, -0.2) is 0 Å². The summed E-state index contributed by atoms with van der Waals surface area (Å²) >= 11 is 1.99. The highest BCUT2D eigenvalue weighted by molar-refractivity contribution is 7.19. The Labute approximate surface area is 193 Å². The maximum atomic E-state index is 2.33. The first-order valence-electron chi connectivity index (χ1n) is 11.5. The Morgan fingerprint density at radius 3 is 1.16 bits per heavy atom. The Morgan fingerprint density at radius 1 is 0.548 bits per heavy atom. The molecule has 1 aliphatic rings. The maximum Gasteiger partial charge on any atom is 0.0387 e. The molecule has 1 heterocycles. The van der Waals surface area contributed by atoms with E-state index in [0.717, 1.165) is 12.8 Å². The summed E-state index contributed by atoms with van der Waals surface area (Å²) in [5.41, 5.74) is 12.0. The third kappa shape index (κ3) is 4.30. The molecule has 0 atom stereocenters. The van der Waals surface area contributed by atoms with E-state index in [1.807, 2.05) is 11.3 Å². The van der Waals surface area contributed by atoms with E-state index in [2.05, 4.69) is 104 Å². The molecule has 0 unspecified atom stereocenters. The normalized spacial score (nSPS) is 14.7. The summed E-state index contributed by atoms with van der Waals surface area (Å²) in [7, 11) is 0. The van der Waals surface area contributed by atoms with Crippen LogP contribution in [0.5, 0.6) is 0 Å². The highest BCUT2D eigenvalue weighted by Gasteiger charge is 2.25. The molecular weight excluding hydrogens is 392 g/mol. The molecule has 0 N–H and O–H groups in total. The average Bonchev–Trinajstić information content (AvgIpc) is 3.05. The minimum atomic E-state index is 0.184. The van der Waals surface area contributed by atoms with Gasteiger partial charge in [-0.15, -0.1) is 11.3 Å². The lowest BCUT2D eigenvalue weighted by atomic mass is 9.84.